The Kier molecular flexibility index (Phi) is 5.76. The second kappa shape index (κ2) is 8.62. The molecule has 0 aliphatic heterocycles. The summed E-state index contributed by atoms with van der Waals surface area (Å²) in [5.41, 5.74) is 4.85. The van der Waals surface area contributed by atoms with Crippen LogP contribution in [-0.4, -0.2) is 21.2 Å². The van der Waals surface area contributed by atoms with Crippen LogP contribution in [0, 0.1) is 20.8 Å². The lowest BCUT2D eigenvalue weighted by Crippen LogP contribution is -2.31. The Morgan fingerprint density at radius 2 is 1.93 bits per heavy atom. The summed E-state index contributed by atoms with van der Waals surface area (Å²) in [7, 11) is 0. The van der Waals surface area contributed by atoms with Gasteiger partial charge in [-0.3, -0.25) is 9.78 Å². The van der Waals surface area contributed by atoms with Crippen LogP contribution in [-0.2, 0) is 12.8 Å². The van der Waals surface area contributed by atoms with E-state index in [9.17, 15) is 4.79 Å². The molecular formula is C22H22N4O3S. The Balaban J connectivity index is 1.60. The molecule has 0 saturated heterocycles. The number of hydrogen-bond acceptors (Lipinski definition) is 7. The molecule has 4 aromatic rings. The van der Waals surface area contributed by atoms with Gasteiger partial charge in [0.15, 0.2) is 5.69 Å². The fourth-order valence-corrected chi connectivity index (χ4v) is 4.10. The van der Waals surface area contributed by atoms with E-state index in [2.05, 4.69) is 32.1 Å². The first-order valence-electron chi connectivity index (χ1n) is 9.61. The van der Waals surface area contributed by atoms with Gasteiger partial charge in [0.1, 0.15) is 11.5 Å². The fraction of sp³-hybridized carbons (Fsp3) is 0.273. The highest BCUT2D eigenvalue weighted by Crippen LogP contribution is 2.24. The maximum atomic E-state index is 13.2. The van der Waals surface area contributed by atoms with E-state index < -0.39 is 0 Å². The van der Waals surface area contributed by atoms with Gasteiger partial charge in [0.05, 0.1) is 11.7 Å². The third kappa shape index (κ3) is 4.18. The average molecular weight is 423 g/mol. The van der Waals surface area contributed by atoms with Crippen LogP contribution in [0.25, 0.3) is 0 Å². The van der Waals surface area contributed by atoms with Gasteiger partial charge in [0, 0.05) is 29.9 Å². The molecule has 0 saturated carbocycles. The van der Waals surface area contributed by atoms with Gasteiger partial charge in [-0.05, 0) is 61.2 Å². The fourth-order valence-electron chi connectivity index (χ4n) is 3.41. The smallest absolute Gasteiger partial charge is 0.274 e. The SMILES string of the molecule is Cc1noc(C)c1Cc1c(C(=O)N[C@@H](Cc2ccsc2)c2cccnc2)noc1C. The van der Waals surface area contributed by atoms with Crippen molar-refractivity contribution in [2.75, 3.05) is 0 Å². The van der Waals surface area contributed by atoms with E-state index in [1.165, 1.54) is 0 Å². The van der Waals surface area contributed by atoms with Gasteiger partial charge in [-0.2, -0.15) is 11.3 Å². The van der Waals surface area contributed by atoms with Crippen LogP contribution in [0.4, 0.5) is 0 Å². The summed E-state index contributed by atoms with van der Waals surface area (Å²) in [5, 5.41) is 15.3. The summed E-state index contributed by atoms with van der Waals surface area (Å²) < 4.78 is 10.6. The predicted molar refractivity (Wildman–Crippen MR) is 112 cm³/mol. The normalized spacial score (nSPS) is 12.1. The van der Waals surface area contributed by atoms with Gasteiger partial charge in [0.25, 0.3) is 5.91 Å². The quantitative estimate of drug-likeness (QED) is 0.476. The number of thiophene rings is 1. The number of pyridine rings is 1. The number of aryl methyl sites for hydroxylation is 3. The second-order valence-electron chi connectivity index (χ2n) is 7.19. The average Bonchev–Trinajstić information content (AvgIpc) is 3.46. The Bertz CT molecular complexity index is 1110. The topological polar surface area (TPSA) is 94.1 Å². The standard InChI is InChI=1S/C22H22N4O3S/c1-13-18(14(2)28-25-13)10-19-15(3)29-26-21(19)22(27)24-20(9-16-6-8-30-12-16)17-5-4-7-23-11-17/h4-8,11-12,20H,9-10H2,1-3H3,(H,24,27)/t20-/m0/s1. The summed E-state index contributed by atoms with van der Waals surface area (Å²) in [5.74, 6) is 1.05. The van der Waals surface area contributed by atoms with Crippen LogP contribution in [0.15, 0.2) is 50.4 Å². The van der Waals surface area contributed by atoms with Crippen molar-refractivity contribution in [1.29, 1.82) is 0 Å². The minimum atomic E-state index is -0.280. The molecule has 0 aromatic carbocycles. The highest BCUT2D eigenvalue weighted by molar-refractivity contribution is 7.07. The van der Waals surface area contributed by atoms with Crippen LogP contribution in [0.2, 0.25) is 0 Å². The number of aromatic nitrogens is 3. The van der Waals surface area contributed by atoms with Crippen molar-refractivity contribution in [2.45, 2.75) is 39.7 Å². The predicted octanol–water partition coefficient (Wildman–Crippen LogP) is 4.35. The van der Waals surface area contributed by atoms with E-state index in [4.69, 9.17) is 9.05 Å². The zero-order valence-corrected chi connectivity index (χ0v) is 17.8. The van der Waals surface area contributed by atoms with E-state index >= 15 is 0 Å². The molecule has 0 fully saturated rings. The van der Waals surface area contributed by atoms with Gasteiger partial charge in [-0.25, -0.2) is 0 Å². The number of carbonyl (C=O) groups is 1. The van der Waals surface area contributed by atoms with Crippen molar-refractivity contribution in [3.8, 4) is 0 Å². The van der Waals surface area contributed by atoms with Crippen LogP contribution in [0.3, 0.4) is 0 Å². The largest absolute Gasteiger partial charge is 0.361 e. The molecule has 30 heavy (non-hydrogen) atoms. The first kappa shape index (κ1) is 20.0. The molecule has 0 aliphatic rings. The Morgan fingerprint density at radius 1 is 1.13 bits per heavy atom. The number of nitrogens with one attached hydrogen (secondary N) is 1. The van der Waals surface area contributed by atoms with Gasteiger partial charge in [-0.1, -0.05) is 16.4 Å². The summed E-state index contributed by atoms with van der Waals surface area (Å²) in [4.78, 5) is 17.4. The zero-order chi connectivity index (χ0) is 21.1. The summed E-state index contributed by atoms with van der Waals surface area (Å²) >= 11 is 1.63. The minimum Gasteiger partial charge on any atom is -0.361 e. The molecule has 4 aromatic heterocycles. The van der Waals surface area contributed by atoms with Crippen LogP contribution in [0.5, 0.6) is 0 Å². The van der Waals surface area contributed by atoms with Crippen molar-refractivity contribution >= 4 is 17.2 Å². The molecular weight excluding hydrogens is 400 g/mol. The molecule has 0 spiro atoms. The van der Waals surface area contributed by atoms with Crippen molar-refractivity contribution in [2.24, 2.45) is 0 Å². The highest BCUT2D eigenvalue weighted by Gasteiger charge is 2.25. The molecule has 1 atom stereocenters. The van der Waals surface area contributed by atoms with Crippen LogP contribution >= 0.6 is 11.3 Å². The van der Waals surface area contributed by atoms with E-state index in [1.54, 1.807) is 30.7 Å². The zero-order valence-electron chi connectivity index (χ0n) is 17.0. The maximum Gasteiger partial charge on any atom is 0.274 e. The van der Waals surface area contributed by atoms with Gasteiger partial charge in [-0.15, -0.1) is 0 Å². The van der Waals surface area contributed by atoms with Crippen molar-refractivity contribution in [3.63, 3.8) is 0 Å². The van der Waals surface area contributed by atoms with Crippen molar-refractivity contribution < 1.29 is 13.8 Å². The van der Waals surface area contributed by atoms with Gasteiger partial charge >= 0.3 is 0 Å². The number of rotatable bonds is 7. The van der Waals surface area contributed by atoms with Crippen molar-refractivity contribution in [3.05, 3.63) is 86.5 Å². The molecule has 154 valence electrons. The lowest BCUT2D eigenvalue weighted by molar-refractivity contribution is 0.0926. The number of hydrogen-bond donors (Lipinski definition) is 1. The van der Waals surface area contributed by atoms with E-state index in [0.717, 1.165) is 33.7 Å². The Hall–Kier alpha value is -3.26. The lowest BCUT2D eigenvalue weighted by atomic mass is 10.00. The molecule has 1 N–H and O–H groups in total. The lowest BCUT2D eigenvalue weighted by Gasteiger charge is -2.18. The first-order valence-corrected chi connectivity index (χ1v) is 10.6. The molecule has 0 radical (unpaired) electrons. The Labute approximate surface area is 178 Å². The van der Waals surface area contributed by atoms with Crippen LogP contribution < -0.4 is 5.32 Å². The summed E-state index contributed by atoms with van der Waals surface area (Å²) in [6, 6.07) is 5.65. The van der Waals surface area contributed by atoms with E-state index in [0.29, 0.717) is 18.6 Å². The maximum absolute atomic E-state index is 13.2. The first-order chi connectivity index (χ1) is 14.5. The highest BCUT2D eigenvalue weighted by atomic mass is 32.1. The van der Waals surface area contributed by atoms with E-state index in [1.807, 2.05) is 31.4 Å². The monoisotopic (exact) mass is 422 g/mol. The summed E-state index contributed by atoms with van der Waals surface area (Å²) in [6.07, 6.45) is 4.63. The molecule has 0 bridgehead atoms. The van der Waals surface area contributed by atoms with Gasteiger partial charge in [0.2, 0.25) is 0 Å². The number of nitrogens with zero attached hydrogens (tertiary/aromatic N) is 3. The molecule has 4 heterocycles. The molecule has 0 aliphatic carbocycles. The molecule has 0 unspecified atom stereocenters. The Morgan fingerprint density at radius 3 is 2.60 bits per heavy atom. The molecule has 7 nitrogen and oxygen atoms in total. The minimum absolute atomic E-state index is 0.232. The molecule has 8 heteroatoms. The summed E-state index contributed by atoms with van der Waals surface area (Å²) in [6.45, 7) is 5.55. The van der Waals surface area contributed by atoms with Gasteiger partial charge < -0.3 is 14.4 Å². The molecule has 4 rings (SSSR count). The molecule has 1 amide bonds. The number of amides is 1. The number of carbonyl (C=O) groups excluding carboxylic acids is 1. The van der Waals surface area contributed by atoms with E-state index in [-0.39, 0.29) is 17.6 Å². The third-order valence-corrected chi connectivity index (χ3v) is 5.88. The third-order valence-electron chi connectivity index (χ3n) is 5.15. The van der Waals surface area contributed by atoms with Crippen LogP contribution in [0.1, 0.15) is 56.0 Å². The van der Waals surface area contributed by atoms with Crippen molar-refractivity contribution in [1.82, 2.24) is 20.6 Å². The second-order valence-corrected chi connectivity index (χ2v) is 7.97.